The van der Waals surface area contributed by atoms with Crippen molar-refractivity contribution in [1.29, 1.82) is 0 Å². The lowest BCUT2D eigenvalue weighted by Gasteiger charge is -2.35. The highest BCUT2D eigenvalue weighted by molar-refractivity contribution is 7.89. The molecule has 1 atom stereocenters. The van der Waals surface area contributed by atoms with Crippen LogP contribution >= 0.6 is 23.2 Å². The molecule has 0 bridgehead atoms. The highest BCUT2D eigenvalue weighted by atomic mass is 35.5. The molecule has 0 fully saturated rings. The third-order valence-corrected chi connectivity index (χ3v) is 6.16. The maximum atomic E-state index is 13.4. The maximum Gasteiger partial charge on any atom is 0.342 e. The first kappa shape index (κ1) is 17.9. The minimum Gasteiger partial charge on any atom is -0.479 e. The van der Waals surface area contributed by atoms with Crippen molar-refractivity contribution >= 4 is 44.9 Å². The summed E-state index contributed by atoms with van der Waals surface area (Å²) in [6.07, 6.45) is -1.59. The SMILES string of the molecule is O=C(O)C1Nc2cc(Cl)cc(Cl)c2S(=O)(=O)N1Cc1cccc(F)c1. The molecule has 1 aliphatic heterocycles. The van der Waals surface area contributed by atoms with E-state index in [1.165, 1.54) is 30.3 Å². The predicted molar refractivity (Wildman–Crippen MR) is 90.6 cm³/mol. The highest BCUT2D eigenvalue weighted by Gasteiger charge is 2.43. The molecule has 1 aliphatic rings. The molecule has 0 spiro atoms. The van der Waals surface area contributed by atoms with Gasteiger partial charge in [0, 0.05) is 11.6 Å². The molecule has 0 radical (unpaired) electrons. The van der Waals surface area contributed by atoms with Gasteiger partial charge < -0.3 is 10.4 Å². The second-order valence-corrected chi connectivity index (χ2v) is 8.00. The van der Waals surface area contributed by atoms with Crippen molar-refractivity contribution in [3.8, 4) is 0 Å². The Balaban J connectivity index is 2.13. The summed E-state index contributed by atoms with van der Waals surface area (Å²) >= 11 is 11.9. The lowest BCUT2D eigenvalue weighted by Crippen LogP contribution is -2.52. The zero-order valence-corrected chi connectivity index (χ0v) is 14.7. The van der Waals surface area contributed by atoms with E-state index in [4.69, 9.17) is 23.2 Å². The average molecular weight is 405 g/mol. The lowest BCUT2D eigenvalue weighted by atomic mass is 10.2. The van der Waals surface area contributed by atoms with Crippen LogP contribution in [-0.4, -0.2) is 30.0 Å². The second kappa shape index (κ2) is 6.45. The predicted octanol–water partition coefficient (Wildman–Crippen LogP) is 3.16. The van der Waals surface area contributed by atoms with E-state index in [0.717, 1.165) is 6.07 Å². The van der Waals surface area contributed by atoms with Crippen molar-refractivity contribution in [2.24, 2.45) is 0 Å². The van der Waals surface area contributed by atoms with E-state index in [2.05, 4.69) is 5.32 Å². The largest absolute Gasteiger partial charge is 0.479 e. The van der Waals surface area contributed by atoms with Gasteiger partial charge in [0.2, 0.25) is 10.0 Å². The van der Waals surface area contributed by atoms with Crippen molar-refractivity contribution in [3.63, 3.8) is 0 Å². The van der Waals surface area contributed by atoms with Gasteiger partial charge in [-0.15, -0.1) is 0 Å². The quantitative estimate of drug-likeness (QED) is 0.820. The van der Waals surface area contributed by atoms with Gasteiger partial charge in [0.25, 0.3) is 0 Å². The van der Waals surface area contributed by atoms with Crippen molar-refractivity contribution in [2.45, 2.75) is 17.6 Å². The maximum absolute atomic E-state index is 13.4. The monoisotopic (exact) mass is 404 g/mol. The van der Waals surface area contributed by atoms with Gasteiger partial charge in [0.1, 0.15) is 10.7 Å². The van der Waals surface area contributed by atoms with Crippen molar-refractivity contribution in [3.05, 3.63) is 57.8 Å². The molecule has 3 rings (SSSR count). The number of hydrogen-bond acceptors (Lipinski definition) is 4. The molecular formula is C15H11Cl2FN2O4S. The van der Waals surface area contributed by atoms with Gasteiger partial charge in [-0.05, 0) is 29.8 Å². The summed E-state index contributed by atoms with van der Waals surface area (Å²) in [5.41, 5.74) is 0.297. The van der Waals surface area contributed by atoms with Crippen LogP contribution < -0.4 is 5.32 Å². The number of aliphatic carboxylic acids is 1. The summed E-state index contributed by atoms with van der Waals surface area (Å²) in [7, 11) is -4.26. The molecule has 10 heteroatoms. The number of nitrogens with one attached hydrogen (secondary N) is 1. The van der Waals surface area contributed by atoms with E-state index in [1.54, 1.807) is 0 Å². The van der Waals surface area contributed by atoms with Crippen molar-refractivity contribution in [1.82, 2.24) is 4.31 Å². The summed E-state index contributed by atoms with van der Waals surface area (Å²) < 4.78 is 40.0. The molecule has 0 saturated heterocycles. The lowest BCUT2D eigenvalue weighted by molar-refractivity contribution is -0.140. The average Bonchev–Trinajstić information content (AvgIpc) is 2.48. The van der Waals surface area contributed by atoms with E-state index in [0.29, 0.717) is 9.87 Å². The molecule has 2 aromatic rings. The van der Waals surface area contributed by atoms with E-state index in [9.17, 15) is 22.7 Å². The number of anilines is 1. The molecule has 132 valence electrons. The van der Waals surface area contributed by atoms with E-state index < -0.39 is 28.0 Å². The van der Waals surface area contributed by atoms with Gasteiger partial charge in [-0.1, -0.05) is 35.3 Å². The minimum atomic E-state index is -4.26. The van der Waals surface area contributed by atoms with Crippen LogP contribution in [0.4, 0.5) is 10.1 Å². The molecule has 0 aromatic heterocycles. The Hall–Kier alpha value is -1.87. The molecule has 0 amide bonds. The molecule has 1 unspecified atom stereocenters. The van der Waals surface area contributed by atoms with Gasteiger partial charge in [-0.25, -0.2) is 17.6 Å². The van der Waals surface area contributed by atoms with E-state index >= 15 is 0 Å². The van der Waals surface area contributed by atoms with Crippen LogP contribution in [-0.2, 0) is 21.4 Å². The summed E-state index contributed by atoms with van der Waals surface area (Å²) in [6.45, 7) is -0.345. The Bertz CT molecular complexity index is 968. The fourth-order valence-corrected chi connectivity index (χ4v) is 5.04. The van der Waals surface area contributed by atoms with Gasteiger partial charge >= 0.3 is 5.97 Å². The number of carboxylic acid groups (broad SMARTS) is 1. The molecule has 0 aliphatic carbocycles. The summed E-state index contributed by atoms with van der Waals surface area (Å²) in [5.74, 6) is -1.97. The third-order valence-electron chi connectivity index (χ3n) is 3.62. The van der Waals surface area contributed by atoms with Gasteiger partial charge in [-0.2, -0.15) is 4.31 Å². The Labute approximate surface area is 152 Å². The van der Waals surface area contributed by atoms with Crippen LogP contribution in [0.5, 0.6) is 0 Å². The van der Waals surface area contributed by atoms with Crippen LogP contribution in [0.2, 0.25) is 10.0 Å². The van der Waals surface area contributed by atoms with Crippen molar-refractivity contribution in [2.75, 3.05) is 5.32 Å². The van der Waals surface area contributed by atoms with Gasteiger partial charge in [-0.3, -0.25) is 0 Å². The van der Waals surface area contributed by atoms with E-state index in [-0.39, 0.29) is 27.2 Å². The Kier molecular flexibility index (Phi) is 4.63. The number of nitrogens with zero attached hydrogens (tertiary/aromatic N) is 1. The van der Waals surface area contributed by atoms with Crippen molar-refractivity contribution < 1.29 is 22.7 Å². The first-order valence-corrected chi connectivity index (χ1v) is 9.14. The number of rotatable bonds is 3. The summed E-state index contributed by atoms with van der Waals surface area (Å²) in [4.78, 5) is 11.3. The molecule has 2 aromatic carbocycles. The number of carbonyl (C=O) groups is 1. The zero-order valence-electron chi connectivity index (χ0n) is 12.4. The molecule has 6 nitrogen and oxygen atoms in total. The Morgan fingerprint density at radius 2 is 2.00 bits per heavy atom. The zero-order chi connectivity index (χ0) is 18.4. The molecule has 1 heterocycles. The molecular weight excluding hydrogens is 394 g/mol. The molecule has 2 N–H and O–H groups in total. The summed E-state index contributed by atoms with van der Waals surface area (Å²) in [5, 5.41) is 12.1. The highest BCUT2D eigenvalue weighted by Crippen LogP contribution is 2.39. The van der Waals surface area contributed by atoms with Crippen LogP contribution in [0.3, 0.4) is 0 Å². The fraction of sp³-hybridized carbons (Fsp3) is 0.133. The summed E-state index contributed by atoms with van der Waals surface area (Å²) in [6, 6.07) is 7.78. The minimum absolute atomic E-state index is 0.000363. The molecule has 25 heavy (non-hydrogen) atoms. The van der Waals surface area contributed by atoms with Gasteiger partial charge in [0.05, 0.1) is 10.7 Å². The number of fused-ring (bicyclic) bond motifs is 1. The first-order valence-electron chi connectivity index (χ1n) is 6.95. The van der Waals surface area contributed by atoms with Crippen LogP contribution in [0.25, 0.3) is 0 Å². The topological polar surface area (TPSA) is 86.7 Å². The first-order chi connectivity index (χ1) is 11.7. The van der Waals surface area contributed by atoms with Crippen LogP contribution in [0, 0.1) is 5.82 Å². The van der Waals surface area contributed by atoms with Crippen LogP contribution in [0.1, 0.15) is 5.56 Å². The van der Waals surface area contributed by atoms with Crippen LogP contribution in [0.15, 0.2) is 41.3 Å². The normalized spacial score (nSPS) is 19.1. The second-order valence-electron chi connectivity index (χ2n) is 5.33. The van der Waals surface area contributed by atoms with Gasteiger partial charge in [0.15, 0.2) is 6.17 Å². The number of sulfonamides is 1. The van der Waals surface area contributed by atoms with E-state index in [1.807, 2.05) is 0 Å². The number of benzene rings is 2. The molecule has 0 saturated carbocycles. The number of hydrogen-bond donors (Lipinski definition) is 2. The Morgan fingerprint density at radius 1 is 1.28 bits per heavy atom. The number of carboxylic acids is 1. The third kappa shape index (κ3) is 3.30. The fourth-order valence-electron chi connectivity index (χ4n) is 2.58. The number of halogens is 3. The standard InChI is InChI=1S/C15H11Cl2FN2O4S/c16-9-5-11(17)13-12(6-9)19-14(15(21)22)20(25(13,23)24)7-8-2-1-3-10(18)4-8/h1-6,14,19H,7H2,(H,21,22). The smallest absolute Gasteiger partial charge is 0.342 e. The Morgan fingerprint density at radius 3 is 2.64 bits per heavy atom.